The Morgan fingerprint density at radius 1 is 1.50 bits per heavy atom. The lowest BCUT2D eigenvalue weighted by Gasteiger charge is -2.22. The van der Waals surface area contributed by atoms with Gasteiger partial charge in [-0.25, -0.2) is 0 Å². The summed E-state index contributed by atoms with van der Waals surface area (Å²) in [6.07, 6.45) is 13.2. The Kier molecular flexibility index (Phi) is 1.35. The van der Waals surface area contributed by atoms with Crippen LogP contribution in [0.5, 0.6) is 0 Å². The highest BCUT2D eigenvalue weighted by Crippen LogP contribution is 2.19. The van der Waals surface area contributed by atoms with Crippen molar-refractivity contribution in [1.29, 1.82) is 0 Å². The first-order valence-corrected chi connectivity index (χ1v) is 3.75. The van der Waals surface area contributed by atoms with Crippen LogP contribution in [-0.2, 0) is 0 Å². The van der Waals surface area contributed by atoms with Gasteiger partial charge in [-0.3, -0.25) is 0 Å². The number of rotatable bonds is 0. The molecule has 1 atom stereocenters. The van der Waals surface area contributed by atoms with Crippen LogP contribution in [0.2, 0.25) is 0 Å². The molecule has 0 saturated carbocycles. The summed E-state index contributed by atoms with van der Waals surface area (Å²) in [7, 11) is 0. The van der Waals surface area contributed by atoms with Crippen molar-refractivity contribution in [3.63, 3.8) is 0 Å². The van der Waals surface area contributed by atoms with E-state index in [-0.39, 0.29) is 0 Å². The second-order valence-electron chi connectivity index (χ2n) is 2.71. The maximum Gasteiger partial charge on any atom is 0.0655 e. The van der Waals surface area contributed by atoms with Gasteiger partial charge in [-0.1, -0.05) is 18.2 Å². The summed E-state index contributed by atoms with van der Waals surface area (Å²) in [6, 6.07) is 0.499. The second-order valence-corrected chi connectivity index (χ2v) is 2.71. The maximum absolute atomic E-state index is 3.29. The van der Waals surface area contributed by atoms with Crippen LogP contribution in [0.15, 0.2) is 36.1 Å². The second kappa shape index (κ2) is 2.33. The lowest BCUT2D eigenvalue weighted by molar-refractivity contribution is 0.709. The zero-order valence-electron chi connectivity index (χ0n) is 5.88. The van der Waals surface area contributed by atoms with Gasteiger partial charge in [-0.15, -0.1) is 0 Å². The van der Waals surface area contributed by atoms with Crippen LogP contribution >= 0.6 is 0 Å². The molecule has 0 aromatic rings. The summed E-state index contributed by atoms with van der Waals surface area (Å²) < 4.78 is 0. The number of dihydropyridines is 1. The summed E-state index contributed by atoms with van der Waals surface area (Å²) in [5, 5.41) is 3.29. The molecule has 1 heteroatoms. The first-order chi connectivity index (χ1) is 4.97. The fourth-order valence-corrected chi connectivity index (χ4v) is 1.44. The Balaban J connectivity index is 2.26. The molecule has 0 spiro atoms. The summed E-state index contributed by atoms with van der Waals surface area (Å²) in [4.78, 5) is 0. The molecule has 1 unspecified atom stereocenters. The van der Waals surface area contributed by atoms with Crippen LogP contribution in [0.3, 0.4) is 0 Å². The minimum absolute atomic E-state index is 0.499. The molecule has 2 rings (SSSR count). The minimum Gasteiger partial charge on any atom is -0.381 e. The number of hydrogen-bond donors (Lipinski definition) is 1. The molecule has 0 fully saturated rings. The molecule has 0 bridgehead atoms. The van der Waals surface area contributed by atoms with Crippen molar-refractivity contribution in [3.05, 3.63) is 36.1 Å². The number of hydrogen-bond acceptors (Lipinski definition) is 1. The van der Waals surface area contributed by atoms with Gasteiger partial charge in [-0.2, -0.15) is 0 Å². The van der Waals surface area contributed by atoms with Crippen LogP contribution in [0, 0.1) is 0 Å². The van der Waals surface area contributed by atoms with E-state index in [1.54, 1.807) is 0 Å². The highest BCUT2D eigenvalue weighted by molar-refractivity contribution is 5.30. The highest BCUT2D eigenvalue weighted by Gasteiger charge is 2.12. The Hall–Kier alpha value is -0.980. The fraction of sp³-hybridized carbons (Fsp3) is 0.333. The lowest BCUT2D eigenvalue weighted by atomic mass is 9.94. The fourth-order valence-electron chi connectivity index (χ4n) is 1.44. The van der Waals surface area contributed by atoms with Crippen molar-refractivity contribution in [3.8, 4) is 0 Å². The Morgan fingerprint density at radius 2 is 2.50 bits per heavy atom. The maximum atomic E-state index is 3.29. The third-order valence-electron chi connectivity index (χ3n) is 2.01. The quantitative estimate of drug-likeness (QED) is 0.496. The smallest absolute Gasteiger partial charge is 0.0655 e. The first-order valence-electron chi connectivity index (χ1n) is 3.75. The molecule has 0 aromatic heterocycles. The number of fused-ring (bicyclic) bond motifs is 1. The summed E-state index contributed by atoms with van der Waals surface area (Å²) in [5.41, 5.74) is 1.52. The van der Waals surface area contributed by atoms with Gasteiger partial charge in [0.25, 0.3) is 0 Å². The normalized spacial score (nSPS) is 28.8. The lowest BCUT2D eigenvalue weighted by Crippen LogP contribution is -2.27. The van der Waals surface area contributed by atoms with E-state index in [4.69, 9.17) is 0 Å². The van der Waals surface area contributed by atoms with E-state index in [2.05, 4.69) is 29.6 Å². The average molecular weight is 133 g/mol. The van der Waals surface area contributed by atoms with Crippen LogP contribution < -0.4 is 5.32 Å². The average Bonchev–Trinajstić information content (AvgIpc) is 2.05. The van der Waals surface area contributed by atoms with E-state index < -0.39 is 0 Å². The van der Waals surface area contributed by atoms with E-state index in [0.29, 0.717) is 6.04 Å². The van der Waals surface area contributed by atoms with Gasteiger partial charge in [-0.05, 0) is 30.7 Å². The van der Waals surface area contributed by atoms with Gasteiger partial charge < -0.3 is 5.32 Å². The Bertz CT molecular complexity index is 211. The van der Waals surface area contributed by atoms with Crippen LogP contribution in [0.1, 0.15) is 12.8 Å². The molecule has 0 aromatic carbocycles. The zero-order valence-corrected chi connectivity index (χ0v) is 5.88. The number of nitrogens with one attached hydrogen (secondary N) is 1. The largest absolute Gasteiger partial charge is 0.381 e. The van der Waals surface area contributed by atoms with Crippen molar-refractivity contribution in [2.45, 2.75) is 18.9 Å². The van der Waals surface area contributed by atoms with Crippen molar-refractivity contribution in [2.75, 3.05) is 0 Å². The monoisotopic (exact) mass is 133 g/mol. The predicted octanol–water partition coefficient (Wildman–Crippen LogP) is 1.75. The molecule has 0 saturated heterocycles. The van der Waals surface area contributed by atoms with Gasteiger partial charge in [0.15, 0.2) is 0 Å². The van der Waals surface area contributed by atoms with E-state index in [0.717, 1.165) is 0 Å². The van der Waals surface area contributed by atoms with Crippen LogP contribution in [0.4, 0.5) is 0 Å². The predicted molar refractivity (Wildman–Crippen MR) is 42.5 cm³/mol. The Labute approximate surface area is 61.1 Å². The van der Waals surface area contributed by atoms with Crippen molar-refractivity contribution in [1.82, 2.24) is 5.32 Å². The van der Waals surface area contributed by atoms with Gasteiger partial charge in [0.05, 0.1) is 6.04 Å². The van der Waals surface area contributed by atoms with Gasteiger partial charge >= 0.3 is 0 Å². The van der Waals surface area contributed by atoms with Gasteiger partial charge in [0, 0.05) is 0 Å². The summed E-state index contributed by atoms with van der Waals surface area (Å²) in [6.45, 7) is 0. The van der Waals surface area contributed by atoms with E-state index in [9.17, 15) is 0 Å². The topological polar surface area (TPSA) is 12.0 Å². The van der Waals surface area contributed by atoms with Crippen molar-refractivity contribution < 1.29 is 0 Å². The van der Waals surface area contributed by atoms with Gasteiger partial charge in [0.2, 0.25) is 0 Å². The molecule has 1 aliphatic carbocycles. The molecule has 52 valence electrons. The van der Waals surface area contributed by atoms with Crippen molar-refractivity contribution in [2.24, 2.45) is 0 Å². The number of allylic oxidation sites excluding steroid dienone is 3. The molecule has 1 aliphatic heterocycles. The third-order valence-corrected chi connectivity index (χ3v) is 2.01. The third kappa shape index (κ3) is 0.878. The molecule has 1 nitrogen and oxygen atoms in total. The van der Waals surface area contributed by atoms with Gasteiger partial charge in [0.1, 0.15) is 0 Å². The standard InChI is InChI=1S/C9H11N/c1-2-6-9-8(4-1)5-3-7-10-9/h2-3,5-7,9-10H,1,4H2. The molecule has 10 heavy (non-hydrogen) atoms. The highest BCUT2D eigenvalue weighted by atomic mass is 14.9. The molecular weight excluding hydrogens is 122 g/mol. The molecule has 0 radical (unpaired) electrons. The minimum atomic E-state index is 0.499. The molecule has 0 amide bonds. The first kappa shape index (κ1) is 5.78. The van der Waals surface area contributed by atoms with Crippen molar-refractivity contribution >= 4 is 0 Å². The van der Waals surface area contributed by atoms with E-state index in [1.165, 1.54) is 18.4 Å². The molecule has 1 N–H and O–H groups in total. The molecular formula is C9H11N. The Morgan fingerprint density at radius 3 is 3.40 bits per heavy atom. The SMILES string of the molecule is C1=CNC2C=CCCC2=C1. The summed E-state index contributed by atoms with van der Waals surface area (Å²) >= 11 is 0. The van der Waals surface area contributed by atoms with E-state index in [1.807, 2.05) is 6.20 Å². The van der Waals surface area contributed by atoms with Crippen LogP contribution in [0.25, 0.3) is 0 Å². The summed E-state index contributed by atoms with van der Waals surface area (Å²) in [5.74, 6) is 0. The van der Waals surface area contributed by atoms with E-state index >= 15 is 0 Å². The van der Waals surface area contributed by atoms with Crippen LogP contribution in [-0.4, -0.2) is 6.04 Å². The molecule has 2 aliphatic rings. The zero-order chi connectivity index (χ0) is 6.81. The molecule has 1 heterocycles.